The lowest BCUT2D eigenvalue weighted by Gasteiger charge is -2.35. The van der Waals surface area contributed by atoms with Gasteiger partial charge in [-0.25, -0.2) is 10.4 Å². The number of hydrazine groups is 1. The fourth-order valence-electron chi connectivity index (χ4n) is 3.23. The number of nitrogens with one attached hydrogen (secondary N) is 4. The number of pyridine rings is 1. The number of aromatic nitrogens is 3. The molecule has 3 rings (SSSR count). The molecule has 0 saturated carbocycles. The van der Waals surface area contributed by atoms with E-state index in [0.717, 1.165) is 37.1 Å². The predicted octanol–water partition coefficient (Wildman–Crippen LogP) is 3.74. The van der Waals surface area contributed by atoms with Crippen LogP contribution < -0.4 is 20.9 Å². The van der Waals surface area contributed by atoms with Crippen molar-refractivity contribution in [3.63, 3.8) is 0 Å². The van der Waals surface area contributed by atoms with Crippen LogP contribution in [-0.4, -0.2) is 52.2 Å². The van der Waals surface area contributed by atoms with Crippen LogP contribution in [-0.2, 0) is 11.2 Å². The zero-order chi connectivity index (χ0) is 23.6. The normalized spacial score (nSPS) is 16.1. The monoisotopic (exact) mass is 470 g/mol. The molecule has 9 nitrogen and oxygen atoms in total. The summed E-state index contributed by atoms with van der Waals surface area (Å²) in [6.45, 7) is 7.65. The van der Waals surface area contributed by atoms with Gasteiger partial charge in [-0.15, -0.1) is 5.10 Å². The molecule has 0 radical (unpaired) electrons. The van der Waals surface area contributed by atoms with Gasteiger partial charge in [0.15, 0.2) is 0 Å². The van der Waals surface area contributed by atoms with Crippen LogP contribution in [0.2, 0.25) is 0 Å². The van der Waals surface area contributed by atoms with Gasteiger partial charge in [0.2, 0.25) is 5.88 Å². The average Bonchev–Trinajstić information content (AvgIpc) is 3.17. The molecule has 1 aliphatic heterocycles. The number of halogens is 1. The largest absolute Gasteiger partial charge is 0.439 e. The van der Waals surface area contributed by atoms with Gasteiger partial charge in [-0.1, -0.05) is 36.4 Å². The third kappa shape index (κ3) is 8.16. The zero-order valence-corrected chi connectivity index (χ0v) is 20.4. The van der Waals surface area contributed by atoms with Crippen LogP contribution in [0.5, 0.6) is 5.88 Å². The molecule has 2 unspecified atom stereocenters. The van der Waals surface area contributed by atoms with Crippen LogP contribution >= 0.6 is 9.24 Å². The van der Waals surface area contributed by atoms with Crippen LogP contribution in [0.3, 0.4) is 0 Å². The summed E-state index contributed by atoms with van der Waals surface area (Å²) in [4.78, 5) is 4.57. The molecule has 0 bridgehead atoms. The van der Waals surface area contributed by atoms with Crippen LogP contribution in [0.25, 0.3) is 0 Å². The predicted molar refractivity (Wildman–Crippen MR) is 128 cm³/mol. The van der Waals surface area contributed by atoms with E-state index in [1.165, 1.54) is 0 Å². The summed E-state index contributed by atoms with van der Waals surface area (Å²) in [5.41, 5.74) is 7.39. The van der Waals surface area contributed by atoms with E-state index < -0.39 is 11.7 Å². The first-order valence-corrected chi connectivity index (χ1v) is 11.6. The van der Waals surface area contributed by atoms with E-state index in [-0.39, 0.29) is 5.88 Å². The van der Waals surface area contributed by atoms with Crippen LogP contribution in [0, 0.1) is 5.92 Å². The number of alkyl halides is 1. The average molecular weight is 471 g/mol. The third-order valence-corrected chi connectivity index (χ3v) is 5.34. The first-order chi connectivity index (χ1) is 15.3. The van der Waals surface area contributed by atoms with E-state index in [2.05, 4.69) is 52.1 Å². The summed E-state index contributed by atoms with van der Waals surface area (Å²) < 4.78 is 22.7. The smallest absolute Gasteiger partial charge is 0.251 e. The Labute approximate surface area is 191 Å². The second-order valence-corrected chi connectivity index (χ2v) is 8.42. The molecule has 3 heterocycles. The van der Waals surface area contributed by atoms with Crippen molar-refractivity contribution >= 4 is 26.6 Å². The van der Waals surface area contributed by atoms with Gasteiger partial charge >= 0.3 is 0 Å². The standard InChI is InChI=1S/C13H20FN6OP.C8H16O2/c1-3-4-8-9(18-15-2)5-6-10(16-8)17-11-7-12(20-19-11)21-13(14)22;1-7(2)8(9)3-5-10-6-4-8/h5-7,13,15,18H,3-4,22H2,1-2H3,(H2,16,17,19,20);7,9H,3-6H2,1-2H3. The highest BCUT2D eigenvalue weighted by molar-refractivity contribution is 7.16. The number of aliphatic hydroxyl groups is 1. The number of hydrogen-bond donors (Lipinski definition) is 5. The molecule has 0 aliphatic carbocycles. The molecule has 0 amide bonds. The lowest BCUT2D eigenvalue weighted by atomic mass is 9.83. The fraction of sp³-hybridized carbons (Fsp3) is 0.619. The van der Waals surface area contributed by atoms with Crippen LogP contribution in [0.1, 0.15) is 45.7 Å². The first kappa shape index (κ1) is 26.3. The number of rotatable bonds is 9. The minimum absolute atomic E-state index is 0.173. The number of anilines is 3. The van der Waals surface area contributed by atoms with E-state index in [0.29, 0.717) is 30.8 Å². The lowest BCUT2D eigenvalue weighted by Crippen LogP contribution is -2.40. The Balaban J connectivity index is 0.000000303. The topological polar surface area (TPSA) is 116 Å². The summed E-state index contributed by atoms with van der Waals surface area (Å²) in [7, 11) is 3.70. The van der Waals surface area contributed by atoms with Crippen molar-refractivity contribution in [1.82, 2.24) is 20.6 Å². The molecule has 0 aromatic carbocycles. The quantitative estimate of drug-likeness (QED) is 0.278. The molecular formula is C21H36FN6O3P. The summed E-state index contributed by atoms with van der Waals surface area (Å²) in [6, 6.07) is 5.34. The maximum atomic E-state index is 12.7. The van der Waals surface area contributed by atoms with Gasteiger partial charge in [0.05, 0.1) is 17.0 Å². The Kier molecular flexibility index (Phi) is 10.6. The van der Waals surface area contributed by atoms with Gasteiger partial charge < -0.3 is 25.3 Å². The highest BCUT2D eigenvalue weighted by Crippen LogP contribution is 2.28. The van der Waals surface area contributed by atoms with Crippen molar-refractivity contribution in [2.24, 2.45) is 5.92 Å². The van der Waals surface area contributed by atoms with Gasteiger partial charge in [0, 0.05) is 26.3 Å². The second-order valence-electron chi connectivity index (χ2n) is 7.90. The van der Waals surface area contributed by atoms with E-state index >= 15 is 0 Å². The minimum atomic E-state index is -1.49. The Morgan fingerprint density at radius 1 is 1.34 bits per heavy atom. The molecule has 32 heavy (non-hydrogen) atoms. The number of nitrogens with zero attached hydrogens (tertiary/aromatic N) is 2. The lowest BCUT2D eigenvalue weighted by molar-refractivity contribution is -0.0907. The molecule has 5 N–H and O–H groups in total. The van der Waals surface area contributed by atoms with Crippen molar-refractivity contribution < 1.29 is 19.0 Å². The molecule has 2 atom stereocenters. The minimum Gasteiger partial charge on any atom is -0.439 e. The molecule has 0 spiro atoms. The number of aromatic amines is 1. The van der Waals surface area contributed by atoms with E-state index in [1.54, 1.807) is 13.1 Å². The number of hydrogen-bond acceptors (Lipinski definition) is 8. The van der Waals surface area contributed by atoms with Gasteiger partial charge in [-0.3, -0.25) is 5.10 Å². The summed E-state index contributed by atoms with van der Waals surface area (Å²) in [5.74, 6) is 1.77. The Bertz CT molecular complexity index is 815. The SMILES string of the molecule is CC(C)C1(O)CCOCC1.CCCc1nc(Nc2cc(OC(F)P)n[nH]2)ccc1NNC. The van der Waals surface area contributed by atoms with Gasteiger partial charge in [-0.2, -0.15) is 4.39 Å². The van der Waals surface area contributed by atoms with E-state index in [1.807, 2.05) is 21.4 Å². The number of ether oxygens (including phenoxy) is 2. The zero-order valence-electron chi connectivity index (χ0n) is 19.2. The molecule has 1 aliphatic rings. The van der Waals surface area contributed by atoms with Crippen molar-refractivity contribution in [3.8, 4) is 5.88 Å². The molecule has 1 saturated heterocycles. The number of aryl methyl sites for hydroxylation is 1. The van der Waals surface area contributed by atoms with Crippen molar-refractivity contribution in [2.75, 3.05) is 31.0 Å². The first-order valence-electron chi connectivity index (χ1n) is 10.9. The highest BCUT2D eigenvalue weighted by Gasteiger charge is 2.32. The maximum Gasteiger partial charge on any atom is 0.251 e. The molecule has 180 valence electrons. The van der Waals surface area contributed by atoms with Gasteiger partial charge in [-0.05, 0) is 37.3 Å². The molecular weight excluding hydrogens is 434 g/mol. The van der Waals surface area contributed by atoms with E-state index in [9.17, 15) is 9.50 Å². The molecule has 11 heteroatoms. The summed E-state index contributed by atoms with van der Waals surface area (Å²) in [5, 5.41) is 19.5. The molecule has 2 aromatic rings. The van der Waals surface area contributed by atoms with Gasteiger partial charge in [0.1, 0.15) is 11.6 Å². The van der Waals surface area contributed by atoms with Crippen LogP contribution in [0.4, 0.5) is 21.7 Å². The number of H-pyrrole nitrogens is 1. The van der Waals surface area contributed by atoms with Gasteiger partial charge in [0.25, 0.3) is 6.10 Å². The Hall–Kier alpha value is -2.00. The van der Waals surface area contributed by atoms with Crippen molar-refractivity contribution in [1.29, 1.82) is 0 Å². The Morgan fingerprint density at radius 3 is 2.62 bits per heavy atom. The fourth-order valence-corrected chi connectivity index (χ4v) is 3.37. The molecule has 1 fully saturated rings. The van der Waals surface area contributed by atoms with Crippen molar-refractivity contribution in [2.45, 2.75) is 58.2 Å². The maximum absolute atomic E-state index is 12.7. The summed E-state index contributed by atoms with van der Waals surface area (Å²) in [6.07, 6.45) is 1.95. The van der Waals surface area contributed by atoms with Crippen LogP contribution in [0.15, 0.2) is 18.2 Å². The molecule has 2 aromatic heterocycles. The van der Waals surface area contributed by atoms with E-state index in [4.69, 9.17) is 9.47 Å². The highest BCUT2D eigenvalue weighted by atomic mass is 31.0. The van der Waals surface area contributed by atoms with Crippen molar-refractivity contribution in [3.05, 3.63) is 23.9 Å². The third-order valence-electron chi connectivity index (χ3n) is 5.20. The second kappa shape index (κ2) is 12.9. The Morgan fingerprint density at radius 2 is 2.06 bits per heavy atom. The summed E-state index contributed by atoms with van der Waals surface area (Å²) >= 11 is 0.